The number of carboxylic acid groups (broad SMARTS) is 1. The lowest BCUT2D eigenvalue weighted by Gasteiger charge is -2.15. The van der Waals surface area contributed by atoms with Crippen LogP contribution in [0.1, 0.15) is 19.8 Å². The van der Waals surface area contributed by atoms with Gasteiger partial charge in [-0.05, 0) is 18.6 Å². The van der Waals surface area contributed by atoms with Crippen LogP contribution in [0.25, 0.3) is 0 Å². The molecule has 110 valence electrons. The molecule has 2 amide bonds. The fourth-order valence-electron chi connectivity index (χ4n) is 1.59. The van der Waals surface area contributed by atoms with Gasteiger partial charge in [0.25, 0.3) is 0 Å². The van der Waals surface area contributed by atoms with Crippen LogP contribution in [0.15, 0.2) is 18.2 Å². The van der Waals surface area contributed by atoms with Gasteiger partial charge in [0.15, 0.2) is 0 Å². The number of carboxylic acids is 1. The molecule has 1 aromatic rings. The molecule has 0 unspecified atom stereocenters. The third-order valence-electron chi connectivity index (χ3n) is 2.60. The maximum Gasteiger partial charge on any atom is 0.326 e. The Morgan fingerprint density at radius 3 is 2.70 bits per heavy atom. The summed E-state index contributed by atoms with van der Waals surface area (Å²) in [7, 11) is 1.49. The highest BCUT2D eigenvalue weighted by Gasteiger charge is 2.19. The lowest BCUT2D eigenvalue weighted by atomic mass is 10.2. The molecule has 0 bridgehead atoms. The van der Waals surface area contributed by atoms with Crippen molar-refractivity contribution in [2.45, 2.75) is 25.8 Å². The predicted octanol–water partition coefficient (Wildman–Crippen LogP) is 2.72. The number of ether oxygens (including phenoxy) is 1. The summed E-state index contributed by atoms with van der Waals surface area (Å²) in [6.07, 6.45) is 1.01. The van der Waals surface area contributed by atoms with Gasteiger partial charge in [0.1, 0.15) is 11.8 Å². The molecule has 20 heavy (non-hydrogen) atoms. The van der Waals surface area contributed by atoms with E-state index >= 15 is 0 Å². The molecule has 0 aliphatic heterocycles. The number of methoxy groups -OCH3 is 1. The van der Waals surface area contributed by atoms with Crippen molar-refractivity contribution in [3.8, 4) is 5.75 Å². The summed E-state index contributed by atoms with van der Waals surface area (Å²) in [4.78, 5) is 22.7. The van der Waals surface area contributed by atoms with Crippen LogP contribution in [0.4, 0.5) is 10.5 Å². The molecule has 0 spiro atoms. The number of amides is 2. The van der Waals surface area contributed by atoms with Gasteiger partial charge in [-0.3, -0.25) is 0 Å². The molecule has 7 heteroatoms. The Bertz CT molecular complexity index is 493. The Morgan fingerprint density at radius 1 is 1.45 bits per heavy atom. The number of halogens is 1. The normalized spacial score (nSPS) is 11.6. The second-order valence-corrected chi connectivity index (χ2v) is 4.53. The fourth-order valence-corrected chi connectivity index (χ4v) is 1.75. The largest absolute Gasteiger partial charge is 0.497 e. The van der Waals surface area contributed by atoms with Gasteiger partial charge >= 0.3 is 12.0 Å². The molecular formula is C13H17ClN2O4. The smallest absolute Gasteiger partial charge is 0.326 e. The van der Waals surface area contributed by atoms with Crippen LogP contribution in [-0.4, -0.2) is 30.3 Å². The summed E-state index contributed by atoms with van der Waals surface area (Å²) in [6, 6.07) is 3.24. The maximum absolute atomic E-state index is 11.8. The minimum Gasteiger partial charge on any atom is -0.497 e. The molecule has 0 heterocycles. The van der Waals surface area contributed by atoms with Crippen molar-refractivity contribution in [2.75, 3.05) is 12.4 Å². The van der Waals surface area contributed by atoms with Crippen molar-refractivity contribution in [3.63, 3.8) is 0 Å². The van der Waals surface area contributed by atoms with Crippen molar-refractivity contribution in [1.82, 2.24) is 5.32 Å². The third kappa shape index (κ3) is 4.62. The Balaban J connectivity index is 2.72. The number of benzene rings is 1. The van der Waals surface area contributed by atoms with Crippen LogP contribution < -0.4 is 15.4 Å². The summed E-state index contributed by atoms with van der Waals surface area (Å²) < 4.78 is 5.02. The number of hydrogen-bond acceptors (Lipinski definition) is 3. The summed E-state index contributed by atoms with van der Waals surface area (Å²) in [5.74, 6) is -0.535. The molecule has 1 aromatic carbocycles. The minimum absolute atomic E-state index is 0.336. The lowest BCUT2D eigenvalue weighted by molar-refractivity contribution is -0.139. The first-order chi connectivity index (χ1) is 9.47. The predicted molar refractivity (Wildman–Crippen MR) is 76.5 cm³/mol. The molecule has 0 aromatic heterocycles. The van der Waals surface area contributed by atoms with Crippen molar-refractivity contribution in [3.05, 3.63) is 23.2 Å². The van der Waals surface area contributed by atoms with Crippen molar-refractivity contribution in [1.29, 1.82) is 0 Å². The number of urea groups is 1. The molecule has 0 saturated carbocycles. The summed E-state index contributed by atoms with van der Waals surface area (Å²) in [5, 5.41) is 14.2. The monoisotopic (exact) mass is 300 g/mol. The molecule has 0 fully saturated rings. The topological polar surface area (TPSA) is 87.7 Å². The Labute approximate surface area is 122 Å². The molecule has 1 rings (SSSR count). The fraction of sp³-hybridized carbons (Fsp3) is 0.385. The summed E-state index contributed by atoms with van der Waals surface area (Å²) in [6.45, 7) is 1.84. The molecule has 0 saturated heterocycles. The van der Waals surface area contributed by atoms with E-state index in [0.717, 1.165) is 0 Å². The van der Waals surface area contributed by atoms with Crippen molar-refractivity contribution in [2.24, 2.45) is 0 Å². The number of aliphatic carboxylic acids is 1. The van der Waals surface area contributed by atoms with Crippen LogP contribution >= 0.6 is 11.6 Å². The molecule has 6 nitrogen and oxygen atoms in total. The number of rotatable bonds is 6. The Hall–Kier alpha value is -1.95. The van der Waals surface area contributed by atoms with Gasteiger partial charge in [0.05, 0.1) is 17.8 Å². The van der Waals surface area contributed by atoms with E-state index in [1.165, 1.54) is 7.11 Å². The van der Waals surface area contributed by atoms with Gasteiger partial charge in [-0.2, -0.15) is 0 Å². The number of carbonyl (C=O) groups excluding carboxylic acids is 1. The SMILES string of the molecule is CCC[C@@H](NC(=O)Nc1cc(OC)ccc1Cl)C(=O)O. The van der Waals surface area contributed by atoms with Crippen molar-refractivity contribution >= 4 is 29.3 Å². The van der Waals surface area contributed by atoms with Crippen LogP contribution in [0.3, 0.4) is 0 Å². The highest BCUT2D eigenvalue weighted by atomic mass is 35.5. The first-order valence-electron chi connectivity index (χ1n) is 6.11. The molecular weight excluding hydrogens is 284 g/mol. The average Bonchev–Trinajstić information content (AvgIpc) is 2.40. The van der Waals surface area contributed by atoms with E-state index in [2.05, 4.69) is 10.6 Å². The molecule has 0 aliphatic rings. The zero-order valence-corrected chi connectivity index (χ0v) is 12.0. The van der Waals surface area contributed by atoms with Gasteiger partial charge in [0, 0.05) is 6.07 Å². The summed E-state index contributed by atoms with van der Waals surface area (Å²) in [5.41, 5.74) is 0.351. The number of carbonyl (C=O) groups is 2. The van der Waals surface area contributed by atoms with Gasteiger partial charge in [-0.25, -0.2) is 9.59 Å². The quantitative estimate of drug-likeness (QED) is 0.754. The van der Waals surface area contributed by atoms with E-state index in [1.54, 1.807) is 18.2 Å². The molecule has 1 atom stereocenters. The minimum atomic E-state index is -1.07. The number of hydrogen-bond donors (Lipinski definition) is 3. The van der Waals surface area contributed by atoms with Crippen LogP contribution in [0, 0.1) is 0 Å². The lowest BCUT2D eigenvalue weighted by Crippen LogP contribution is -2.42. The average molecular weight is 301 g/mol. The van der Waals surface area contributed by atoms with Crippen molar-refractivity contribution < 1.29 is 19.4 Å². The van der Waals surface area contributed by atoms with Gasteiger partial charge in [0.2, 0.25) is 0 Å². The zero-order chi connectivity index (χ0) is 15.1. The van der Waals surface area contributed by atoms with Gasteiger partial charge < -0.3 is 20.5 Å². The first kappa shape index (κ1) is 16.1. The van der Waals surface area contributed by atoms with E-state index in [9.17, 15) is 9.59 Å². The van der Waals surface area contributed by atoms with Crippen LogP contribution in [0.2, 0.25) is 5.02 Å². The van der Waals surface area contributed by atoms with E-state index in [1.807, 2.05) is 6.92 Å². The van der Waals surface area contributed by atoms with Gasteiger partial charge in [-0.1, -0.05) is 24.9 Å². The summed E-state index contributed by atoms with van der Waals surface area (Å²) >= 11 is 5.94. The van der Waals surface area contributed by atoms with Gasteiger partial charge in [-0.15, -0.1) is 0 Å². The number of anilines is 1. The molecule has 3 N–H and O–H groups in total. The third-order valence-corrected chi connectivity index (χ3v) is 2.93. The van der Waals surface area contributed by atoms with Crippen LogP contribution in [-0.2, 0) is 4.79 Å². The highest BCUT2D eigenvalue weighted by molar-refractivity contribution is 6.33. The Morgan fingerprint density at radius 2 is 2.15 bits per heavy atom. The number of nitrogens with one attached hydrogen (secondary N) is 2. The van der Waals surface area contributed by atoms with Crippen LogP contribution in [0.5, 0.6) is 5.75 Å². The van der Waals surface area contributed by atoms with E-state index in [-0.39, 0.29) is 0 Å². The zero-order valence-electron chi connectivity index (χ0n) is 11.3. The maximum atomic E-state index is 11.8. The molecule has 0 aliphatic carbocycles. The standard InChI is InChI=1S/C13H17ClN2O4/c1-3-4-10(12(17)18)15-13(19)16-11-7-8(20-2)5-6-9(11)14/h5-7,10H,3-4H2,1-2H3,(H,17,18)(H2,15,16,19)/t10-/m1/s1. The molecule has 0 radical (unpaired) electrons. The van der Waals surface area contributed by atoms with E-state index in [4.69, 9.17) is 21.4 Å². The van der Waals surface area contributed by atoms with E-state index in [0.29, 0.717) is 29.3 Å². The highest BCUT2D eigenvalue weighted by Crippen LogP contribution is 2.26. The second-order valence-electron chi connectivity index (χ2n) is 4.12. The Kier molecular flexibility index (Phi) is 6.11. The first-order valence-corrected chi connectivity index (χ1v) is 6.49. The van der Waals surface area contributed by atoms with E-state index < -0.39 is 18.0 Å². The second kappa shape index (κ2) is 7.59.